The SMILES string of the molecule is NNC(=O)c1ccc(CN2CCc3sccc3C2)nc1. The second kappa shape index (κ2) is 5.70. The van der Waals surface area contributed by atoms with Gasteiger partial charge in [0.1, 0.15) is 0 Å². The van der Waals surface area contributed by atoms with Crippen LogP contribution in [0.1, 0.15) is 26.5 Å². The van der Waals surface area contributed by atoms with Crippen molar-refractivity contribution in [2.45, 2.75) is 19.5 Å². The van der Waals surface area contributed by atoms with E-state index in [0.717, 1.165) is 31.7 Å². The summed E-state index contributed by atoms with van der Waals surface area (Å²) in [5.41, 5.74) is 4.98. The summed E-state index contributed by atoms with van der Waals surface area (Å²) < 4.78 is 0. The molecule has 0 saturated carbocycles. The van der Waals surface area contributed by atoms with Crippen LogP contribution in [0.2, 0.25) is 0 Å². The van der Waals surface area contributed by atoms with E-state index in [2.05, 4.69) is 26.8 Å². The highest BCUT2D eigenvalue weighted by molar-refractivity contribution is 7.10. The molecule has 20 heavy (non-hydrogen) atoms. The van der Waals surface area contributed by atoms with Gasteiger partial charge in [0.25, 0.3) is 5.91 Å². The number of hydrogen-bond acceptors (Lipinski definition) is 5. The fraction of sp³-hybridized carbons (Fsp3) is 0.286. The standard InChI is InChI=1S/C14H16N4OS/c15-17-14(19)10-1-2-12(16-7-10)9-18-5-3-13-11(8-18)4-6-20-13/h1-2,4,6-7H,3,5,8-9,15H2,(H,17,19). The molecule has 0 spiro atoms. The Labute approximate surface area is 121 Å². The molecule has 6 heteroatoms. The van der Waals surface area contributed by atoms with Gasteiger partial charge in [-0.3, -0.25) is 20.1 Å². The Balaban J connectivity index is 1.65. The maximum Gasteiger partial charge on any atom is 0.266 e. The van der Waals surface area contributed by atoms with Crippen LogP contribution >= 0.6 is 11.3 Å². The summed E-state index contributed by atoms with van der Waals surface area (Å²) in [6.07, 6.45) is 2.68. The fourth-order valence-electron chi connectivity index (χ4n) is 2.41. The number of carbonyl (C=O) groups is 1. The van der Waals surface area contributed by atoms with Crippen LogP contribution < -0.4 is 11.3 Å². The molecule has 1 aliphatic heterocycles. The molecule has 0 fully saturated rings. The van der Waals surface area contributed by atoms with Crippen molar-refractivity contribution in [3.05, 3.63) is 51.5 Å². The van der Waals surface area contributed by atoms with Gasteiger partial charge in [-0.2, -0.15) is 0 Å². The van der Waals surface area contributed by atoms with E-state index in [0.29, 0.717) is 5.56 Å². The van der Waals surface area contributed by atoms with Gasteiger partial charge in [-0.15, -0.1) is 11.3 Å². The van der Waals surface area contributed by atoms with Gasteiger partial charge in [-0.05, 0) is 35.6 Å². The van der Waals surface area contributed by atoms with Crippen molar-refractivity contribution in [2.75, 3.05) is 6.54 Å². The van der Waals surface area contributed by atoms with Crippen LogP contribution in [0.3, 0.4) is 0 Å². The van der Waals surface area contributed by atoms with Crippen molar-refractivity contribution in [3.63, 3.8) is 0 Å². The van der Waals surface area contributed by atoms with Gasteiger partial charge < -0.3 is 0 Å². The third-order valence-electron chi connectivity index (χ3n) is 3.49. The predicted octanol–water partition coefficient (Wildman–Crippen LogP) is 1.30. The number of nitrogens with one attached hydrogen (secondary N) is 1. The molecule has 0 aliphatic carbocycles. The van der Waals surface area contributed by atoms with Gasteiger partial charge in [0, 0.05) is 30.7 Å². The third-order valence-corrected chi connectivity index (χ3v) is 4.51. The molecule has 5 nitrogen and oxygen atoms in total. The normalized spacial score (nSPS) is 14.8. The zero-order chi connectivity index (χ0) is 13.9. The third kappa shape index (κ3) is 2.72. The molecule has 0 aromatic carbocycles. The van der Waals surface area contributed by atoms with Gasteiger partial charge in [-0.25, -0.2) is 5.84 Å². The summed E-state index contributed by atoms with van der Waals surface area (Å²) in [7, 11) is 0. The summed E-state index contributed by atoms with van der Waals surface area (Å²) in [6, 6.07) is 5.84. The number of nitrogen functional groups attached to an aromatic ring is 1. The number of aromatic nitrogens is 1. The average molecular weight is 288 g/mol. The lowest BCUT2D eigenvalue weighted by molar-refractivity contribution is 0.0953. The lowest BCUT2D eigenvalue weighted by Crippen LogP contribution is -2.30. The van der Waals surface area contributed by atoms with E-state index in [1.54, 1.807) is 12.3 Å². The Bertz CT molecular complexity index is 608. The maximum atomic E-state index is 11.3. The monoisotopic (exact) mass is 288 g/mol. The van der Waals surface area contributed by atoms with Crippen LogP contribution in [0.5, 0.6) is 0 Å². The molecular weight excluding hydrogens is 272 g/mol. The van der Waals surface area contributed by atoms with Crippen LogP contribution in [-0.2, 0) is 19.5 Å². The van der Waals surface area contributed by atoms with Gasteiger partial charge in [0.15, 0.2) is 0 Å². The highest BCUT2D eigenvalue weighted by Gasteiger charge is 2.17. The molecule has 0 radical (unpaired) electrons. The summed E-state index contributed by atoms with van der Waals surface area (Å²) in [5, 5.41) is 2.16. The number of thiophene rings is 1. The topological polar surface area (TPSA) is 71.2 Å². The molecule has 3 rings (SSSR count). The zero-order valence-corrected chi connectivity index (χ0v) is 11.8. The molecule has 3 N–H and O–H groups in total. The molecule has 1 aliphatic rings. The number of fused-ring (bicyclic) bond motifs is 1. The summed E-state index contributed by atoms with van der Waals surface area (Å²) in [4.78, 5) is 19.5. The quantitative estimate of drug-likeness (QED) is 0.507. The molecular formula is C14H16N4OS. The van der Waals surface area contributed by atoms with Crippen molar-refractivity contribution < 1.29 is 4.79 Å². The zero-order valence-electron chi connectivity index (χ0n) is 11.0. The van der Waals surface area contributed by atoms with E-state index in [9.17, 15) is 4.79 Å². The summed E-state index contributed by atoms with van der Waals surface area (Å²) in [6.45, 7) is 2.84. The van der Waals surface area contributed by atoms with Crippen LogP contribution in [0.15, 0.2) is 29.8 Å². The van der Waals surface area contributed by atoms with E-state index in [-0.39, 0.29) is 5.91 Å². The summed E-state index contributed by atoms with van der Waals surface area (Å²) >= 11 is 1.84. The molecule has 0 saturated heterocycles. The van der Waals surface area contributed by atoms with Crippen LogP contribution in [0, 0.1) is 0 Å². The lowest BCUT2D eigenvalue weighted by Gasteiger charge is -2.26. The lowest BCUT2D eigenvalue weighted by atomic mass is 10.1. The number of carbonyl (C=O) groups excluding carboxylic acids is 1. The first kappa shape index (κ1) is 13.2. The minimum Gasteiger partial charge on any atom is -0.293 e. The molecule has 0 unspecified atom stereocenters. The largest absolute Gasteiger partial charge is 0.293 e. The number of hydrazine groups is 1. The average Bonchev–Trinajstić information content (AvgIpc) is 2.95. The maximum absolute atomic E-state index is 11.3. The summed E-state index contributed by atoms with van der Waals surface area (Å²) in [5.74, 6) is 4.78. The van der Waals surface area contributed by atoms with Crippen molar-refractivity contribution in [1.82, 2.24) is 15.3 Å². The van der Waals surface area contributed by atoms with Gasteiger partial charge >= 0.3 is 0 Å². The molecule has 2 aromatic heterocycles. The number of pyridine rings is 1. The molecule has 1 amide bonds. The molecule has 3 heterocycles. The predicted molar refractivity (Wildman–Crippen MR) is 78.0 cm³/mol. The van der Waals surface area contributed by atoms with Crippen LogP contribution in [0.4, 0.5) is 0 Å². The van der Waals surface area contributed by atoms with Crippen molar-refractivity contribution >= 4 is 17.2 Å². The number of amides is 1. The molecule has 104 valence electrons. The second-order valence-electron chi connectivity index (χ2n) is 4.84. The molecule has 2 aromatic rings. The first-order chi connectivity index (χ1) is 9.76. The molecule has 0 bridgehead atoms. The van der Waals surface area contributed by atoms with E-state index < -0.39 is 0 Å². The van der Waals surface area contributed by atoms with Crippen molar-refractivity contribution in [3.8, 4) is 0 Å². The molecule has 0 atom stereocenters. The number of rotatable bonds is 3. The fourth-order valence-corrected chi connectivity index (χ4v) is 3.30. The highest BCUT2D eigenvalue weighted by Crippen LogP contribution is 2.24. The number of nitrogens with zero attached hydrogens (tertiary/aromatic N) is 2. The second-order valence-corrected chi connectivity index (χ2v) is 5.84. The first-order valence-electron chi connectivity index (χ1n) is 6.50. The Morgan fingerprint density at radius 2 is 2.35 bits per heavy atom. The van der Waals surface area contributed by atoms with Crippen molar-refractivity contribution in [1.29, 1.82) is 0 Å². The minimum absolute atomic E-state index is 0.315. The van der Waals surface area contributed by atoms with E-state index in [1.807, 2.05) is 17.4 Å². The first-order valence-corrected chi connectivity index (χ1v) is 7.37. The minimum atomic E-state index is -0.315. The van der Waals surface area contributed by atoms with Gasteiger partial charge in [0.05, 0.1) is 11.3 Å². The van der Waals surface area contributed by atoms with E-state index in [4.69, 9.17) is 5.84 Å². The number of nitrogens with two attached hydrogens (primary N) is 1. The van der Waals surface area contributed by atoms with Crippen LogP contribution in [-0.4, -0.2) is 22.3 Å². The Morgan fingerprint density at radius 1 is 1.45 bits per heavy atom. The van der Waals surface area contributed by atoms with E-state index in [1.165, 1.54) is 10.4 Å². The van der Waals surface area contributed by atoms with E-state index >= 15 is 0 Å². The van der Waals surface area contributed by atoms with Gasteiger partial charge in [-0.1, -0.05) is 0 Å². The Kier molecular flexibility index (Phi) is 3.77. The van der Waals surface area contributed by atoms with Crippen molar-refractivity contribution in [2.24, 2.45) is 5.84 Å². The highest BCUT2D eigenvalue weighted by atomic mass is 32.1. The van der Waals surface area contributed by atoms with Crippen LogP contribution in [0.25, 0.3) is 0 Å². The smallest absolute Gasteiger partial charge is 0.266 e. The number of hydrogen-bond donors (Lipinski definition) is 2. The Hall–Kier alpha value is -1.76. The van der Waals surface area contributed by atoms with Gasteiger partial charge in [0.2, 0.25) is 0 Å². The Morgan fingerprint density at radius 3 is 3.10 bits per heavy atom.